The minimum Gasteiger partial charge on any atom is -0.493 e. The van der Waals surface area contributed by atoms with Gasteiger partial charge in [0.1, 0.15) is 6.61 Å². The van der Waals surface area contributed by atoms with E-state index in [4.69, 9.17) is 9.47 Å². The second kappa shape index (κ2) is 7.03. The van der Waals surface area contributed by atoms with Crippen LogP contribution in [0.2, 0.25) is 0 Å². The first-order valence-corrected chi connectivity index (χ1v) is 8.13. The van der Waals surface area contributed by atoms with Crippen molar-refractivity contribution in [2.45, 2.75) is 13.2 Å². The van der Waals surface area contributed by atoms with Gasteiger partial charge >= 0.3 is 5.69 Å². The molecule has 0 aliphatic carbocycles. The van der Waals surface area contributed by atoms with Crippen LogP contribution in [0.25, 0.3) is 11.0 Å². The summed E-state index contributed by atoms with van der Waals surface area (Å²) < 4.78 is 14.6. The summed E-state index contributed by atoms with van der Waals surface area (Å²) >= 11 is 0. The number of ether oxygens (including phenoxy) is 2. The van der Waals surface area contributed by atoms with E-state index >= 15 is 0 Å². The van der Waals surface area contributed by atoms with Gasteiger partial charge in [-0.25, -0.2) is 4.79 Å². The highest BCUT2D eigenvalue weighted by molar-refractivity contribution is 5.76. The number of imidazole rings is 1. The summed E-state index contributed by atoms with van der Waals surface area (Å²) in [6.45, 7) is 1.18. The quantitative estimate of drug-likeness (QED) is 0.747. The molecule has 0 saturated carbocycles. The third kappa shape index (κ3) is 3.25. The molecule has 3 aromatic rings. The fourth-order valence-electron chi connectivity index (χ4n) is 2.95. The molecule has 0 atom stereocenters. The molecule has 0 saturated heterocycles. The van der Waals surface area contributed by atoms with Crippen molar-refractivity contribution in [3.63, 3.8) is 0 Å². The highest BCUT2D eigenvalue weighted by atomic mass is 16.5. The van der Waals surface area contributed by atoms with Crippen molar-refractivity contribution < 1.29 is 9.47 Å². The first-order chi connectivity index (χ1) is 12.0. The van der Waals surface area contributed by atoms with Gasteiger partial charge in [-0.3, -0.25) is 9.13 Å². The Morgan fingerprint density at radius 3 is 2.40 bits per heavy atom. The van der Waals surface area contributed by atoms with Crippen molar-refractivity contribution in [1.82, 2.24) is 14.5 Å². The van der Waals surface area contributed by atoms with Crippen LogP contribution < -0.4 is 20.5 Å². The molecule has 0 amide bonds. The fraction of sp³-hybridized carbons (Fsp3) is 0.316. The molecule has 0 spiro atoms. The van der Waals surface area contributed by atoms with Crippen LogP contribution in [0, 0.1) is 0 Å². The lowest BCUT2D eigenvalue weighted by molar-refractivity contribution is 0.284. The molecule has 2 aromatic carbocycles. The lowest BCUT2D eigenvalue weighted by Gasteiger charge is -2.12. The van der Waals surface area contributed by atoms with Crippen molar-refractivity contribution in [2.75, 3.05) is 14.2 Å². The largest absolute Gasteiger partial charge is 0.493 e. The van der Waals surface area contributed by atoms with Gasteiger partial charge in [-0.15, -0.1) is 0 Å². The van der Waals surface area contributed by atoms with Gasteiger partial charge in [0, 0.05) is 20.6 Å². The summed E-state index contributed by atoms with van der Waals surface area (Å²) in [6, 6.07) is 11.8. The monoisotopic (exact) mass is 341 g/mol. The SMILES string of the molecule is CNCc1ccc(OCc2ccc3c(c2)n(C)c(=O)n3C)c(OC)c1. The van der Waals surface area contributed by atoms with Crippen LogP contribution >= 0.6 is 0 Å². The zero-order chi connectivity index (χ0) is 18.0. The Bertz CT molecular complexity index is 956. The normalized spacial score (nSPS) is 11.0. The van der Waals surface area contributed by atoms with Gasteiger partial charge in [0.05, 0.1) is 18.1 Å². The average molecular weight is 341 g/mol. The van der Waals surface area contributed by atoms with Gasteiger partial charge in [0.25, 0.3) is 0 Å². The Kier molecular flexibility index (Phi) is 4.81. The Hall–Kier alpha value is -2.73. The van der Waals surface area contributed by atoms with E-state index in [1.165, 1.54) is 0 Å². The maximum absolute atomic E-state index is 12.0. The predicted molar refractivity (Wildman–Crippen MR) is 98.2 cm³/mol. The van der Waals surface area contributed by atoms with Crippen molar-refractivity contribution in [3.8, 4) is 11.5 Å². The lowest BCUT2D eigenvalue weighted by Crippen LogP contribution is -2.19. The third-order valence-electron chi connectivity index (χ3n) is 4.34. The molecule has 0 bridgehead atoms. The molecule has 25 heavy (non-hydrogen) atoms. The molecule has 1 heterocycles. The summed E-state index contributed by atoms with van der Waals surface area (Å²) in [5.41, 5.74) is 3.90. The van der Waals surface area contributed by atoms with E-state index < -0.39 is 0 Å². The molecular weight excluding hydrogens is 318 g/mol. The lowest BCUT2D eigenvalue weighted by atomic mass is 10.2. The van der Waals surface area contributed by atoms with Gasteiger partial charge in [-0.05, 0) is 42.4 Å². The average Bonchev–Trinajstić information content (AvgIpc) is 2.85. The molecule has 6 nitrogen and oxygen atoms in total. The minimum absolute atomic E-state index is 0.0325. The summed E-state index contributed by atoms with van der Waals surface area (Å²) in [5, 5.41) is 3.12. The Morgan fingerprint density at radius 1 is 0.960 bits per heavy atom. The second-order valence-corrected chi connectivity index (χ2v) is 6.03. The van der Waals surface area contributed by atoms with Crippen molar-refractivity contribution >= 4 is 11.0 Å². The number of benzene rings is 2. The maximum atomic E-state index is 12.0. The van der Waals surface area contributed by atoms with Crippen LogP contribution in [-0.4, -0.2) is 23.3 Å². The number of fused-ring (bicyclic) bond motifs is 1. The zero-order valence-electron chi connectivity index (χ0n) is 15.0. The van der Waals surface area contributed by atoms with Crippen LogP contribution in [0.4, 0.5) is 0 Å². The first kappa shape index (κ1) is 17.1. The highest BCUT2D eigenvalue weighted by Crippen LogP contribution is 2.29. The number of aromatic nitrogens is 2. The van der Waals surface area contributed by atoms with Gasteiger partial charge in [0.15, 0.2) is 11.5 Å². The van der Waals surface area contributed by atoms with E-state index in [-0.39, 0.29) is 5.69 Å². The minimum atomic E-state index is -0.0325. The number of hydrogen-bond donors (Lipinski definition) is 1. The molecular formula is C19H23N3O3. The number of nitrogens with one attached hydrogen (secondary N) is 1. The molecule has 1 N–H and O–H groups in total. The van der Waals surface area contributed by atoms with E-state index in [0.717, 1.165) is 28.7 Å². The van der Waals surface area contributed by atoms with E-state index in [9.17, 15) is 4.79 Å². The van der Waals surface area contributed by atoms with Crippen LogP contribution in [0.3, 0.4) is 0 Å². The van der Waals surface area contributed by atoms with Crippen LogP contribution in [0.15, 0.2) is 41.2 Å². The molecule has 0 unspecified atom stereocenters. The van der Waals surface area contributed by atoms with E-state index in [1.807, 2.05) is 43.4 Å². The molecule has 6 heteroatoms. The van der Waals surface area contributed by atoms with E-state index in [2.05, 4.69) is 5.32 Å². The standard InChI is InChI=1S/C19H23N3O3/c1-20-11-13-6-8-17(18(10-13)24-4)25-12-14-5-7-15-16(9-14)22(3)19(23)21(15)2/h5-10,20H,11-12H2,1-4H3. The molecule has 0 radical (unpaired) electrons. The van der Waals surface area contributed by atoms with Crippen LogP contribution in [-0.2, 0) is 27.2 Å². The number of rotatable bonds is 6. The van der Waals surface area contributed by atoms with Crippen molar-refractivity contribution in [2.24, 2.45) is 14.1 Å². The summed E-state index contributed by atoms with van der Waals surface area (Å²) in [6.07, 6.45) is 0. The Labute approximate surface area is 146 Å². The molecule has 132 valence electrons. The second-order valence-electron chi connectivity index (χ2n) is 6.03. The summed E-state index contributed by atoms with van der Waals surface area (Å²) in [4.78, 5) is 12.0. The van der Waals surface area contributed by atoms with E-state index in [1.54, 1.807) is 30.3 Å². The summed E-state index contributed by atoms with van der Waals surface area (Å²) in [5.74, 6) is 1.41. The summed E-state index contributed by atoms with van der Waals surface area (Å²) in [7, 11) is 7.10. The molecule has 1 aromatic heterocycles. The maximum Gasteiger partial charge on any atom is 0.328 e. The number of methoxy groups -OCH3 is 1. The molecule has 0 fully saturated rings. The van der Waals surface area contributed by atoms with Gasteiger partial charge < -0.3 is 14.8 Å². The smallest absolute Gasteiger partial charge is 0.328 e. The van der Waals surface area contributed by atoms with Crippen molar-refractivity contribution in [1.29, 1.82) is 0 Å². The Morgan fingerprint density at radius 2 is 1.68 bits per heavy atom. The van der Waals surface area contributed by atoms with Gasteiger partial charge in [-0.2, -0.15) is 0 Å². The molecule has 0 aliphatic heterocycles. The van der Waals surface area contributed by atoms with Gasteiger partial charge in [0.2, 0.25) is 0 Å². The first-order valence-electron chi connectivity index (χ1n) is 8.13. The molecule has 3 rings (SSSR count). The third-order valence-corrected chi connectivity index (χ3v) is 4.34. The van der Waals surface area contributed by atoms with Crippen LogP contribution in [0.1, 0.15) is 11.1 Å². The van der Waals surface area contributed by atoms with E-state index in [0.29, 0.717) is 18.1 Å². The highest BCUT2D eigenvalue weighted by Gasteiger charge is 2.10. The number of hydrogen-bond acceptors (Lipinski definition) is 4. The number of aryl methyl sites for hydroxylation is 2. The predicted octanol–water partition coefficient (Wildman–Crippen LogP) is 2.18. The van der Waals surface area contributed by atoms with Gasteiger partial charge in [-0.1, -0.05) is 12.1 Å². The van der Waals surface area contributed by atoms with Crippen LogP contribution in [0.5, 0.6) is 11.5 Å². The Balaban J connectivity index is 1.83. The number of nitrogens with zero attached hydrogens (tertiary/aromatic N) is 2. The topological polar surface area (TPSA) is 57.4 Å². The molecule has 0 aliphatic rings. The van der Waals surface area contributed by atoms with Crippen molar-refractivity contribution in [3.05, 3.63) is 58.0 Å². The zero-order valence-corrected chi connectivity index (χ0v) is 15.0. The fourth-order valence-corrected chi connectivity index (χ4v) is 2.95.